The van der Waals surface area contributed by atoms with Crippen molar-refractivity contribution in [1.82, 2.24) is 4.90 Å². The van der Waals surface area contributed by atoms with Gasteiger partial charge in [-0.15, -0.1) is 0 Å². The second-order valence-corrected chi connectivity index (χ2v) is 8.28. The lowest BCUT2D eigenvalue weighted by atomic mass is 9.99. The summed E-state index contributed by atoms with van der Waals surface area (Å²) in [5.41, 5.74) is 6.20. The van der Waals surface area contributed by atoms with Crippen LogP contribution in [0.5, 0.6) is 0 Å². The highest BCUT2D eigenvalue weighted by molar-refractivity contribution is 7.91. The van der Waals surface area contributed by atoms with Crippen LogP contribution in [0.3, 0.4) is 0 Å². The van der Waals surface area contributed by atoms with Gasteiger partial charge in [0, 0.05) is 12.1 Å². The molecule has 4 nitrogen and oxygen atoms in total. The topological polar surface area (TPSA) is 63.4 Å². The molecule has 1 aromatic carbocycles. The fraction of sp³-hybridized carbons (Fsp3) is 0.533. The van der Waals surface area contributed by atoms with Gasteiger partial charge < -0.3 is 10.6 Å². The lowest BCUT2D eigenvalue weighted by Gasteiger charge is -2.29. The van der Waals surface area contributed by atoms with Gasteiger partial charge >= 0.3 is 0 Å². The van der Waals surface area contributed by atoms with Crippen LogP contribution < -0.4 is 5.73 Å². The number of piperidine rings is 1. The van der Waals surface area contributed by atoms with Crippen LogP contribution in [0.2, 0.25) is 0 Å². The average molecular weight is 326 g/mol. The molecule has 0 unspecified atom stereocenters. The van der Waals surface area contributed by atoms with Gasteiger partial charge in [0.1, 0.15) is 4.99 Å². The van der Waals surface area contributed by atoms with Crippen molar-refractivity contribution in [3.63, 3.8) is 0 Å². The lowest BCUT2D eigenvalue weighted by molar-refractivity contribution is 0.202. The number of benzene rings is 1. The van der Waals surface area contributed by atoms with Crippen LogP contribution in [0.25, 0.3) is 0 Å². The Labute approximate surface area is 132 Å². The van der Waals surface area contributed by atoms with Crippen LogP contribution in [0, 0.1) is 5.92 Å². The molecule has 0 aromatic heterocycles. The van der Waals surface area contributed by atoms with E-state index in [-0.39, 0.29) is 10.7 Å². The number of hydrogen-bond acceptors (Lipinski definition) is 4. The number of rotatable bonds is 5. The molecule has 1 aliphatic heterocycles. The SMILES string of the molecule is CC1CCN(CCS(=O)(=O)c2ccc(C(N)=S)cc2)CC1. The van der Waals surface area contributed by atoms with Gasteiger partial charge in [0.05, 0.1) is 10.6 Å². The van der Waals surface area contributed by atoms with Crippen LogP contribution in [0.1, 0.15) is 25.3 Å². The quantitative estimate of drug-likeness (QED) is 0.836. The zero-order valence-electron chi connectivity index (χ0n) is 12.3. The Hall–Kier alpha value is -0.980. The van der Waals surface area contributed by atoms with E-state index in [9.17, 15) is 8.42 Å². The van der Waals surface area contributed by atoms with Crippen molar-refractivity contribution < 1.29 is 8.42 Å². The van der Waals surface area contributed by atoms with E-state index < -0.39 is 9.84 Å². The summed E-state index contributed by atoms with van der Waals surface area (Å²) in [6.07, 6.45) is 2.31. The fourth-order valence-electron chi connectivity index (χ4n) is 2.48. The molecule has 0 bridgehead atoms. The maximum absolute atomic E-state index is 12.3. The molecule has 2 N–H and O–H groups in total. The first-order chi connectivity index (χ1) is 9.88. The maximum Gasteiger partial charge on any atom is 0.179 e. The largest absolute Gasteiger partial charge is 0.389 e. The number of nitrogens with zero attached hydrogens (tertiary/aromatic N) is 1. The van der Waals surface area contributed by atoms with E-state index in [4.69, 9.17) is 18.0 Å². The Balaban J connectivity index is 1.96. The normalized spacial score (nSPS) is 17.8. The third-order valence-corrected chi connectivity index (χ3v) is 6.00. The molecule has 0 atom stereocenters. The minimum absolute atomic E-state index is 0.161. The summed E-state index contributed by atoms with van der Waals surface area (Å²) in [6, 6.07) is 6.50. The van der Waals surface area contributed by atoms with Gasteiger partial charge in [-0.25, -0.2) is 8.42 Å². The van der Waals surface area contributed by atoms with E-state index in [2.05, 4.69) is 11.8 Å². The van der Waals surface area contributed by atoms with Gasteiger partial charge in [0.25, 0.3) is 0 Å². The van der Waals surface area contributed by atoms with Crippen molar-refractivity contribution in [2.75, 3.05) is 25.4 Å². The van der Waals surface area contributed by atoms with Crippen LogP contribution in [0.4, 0.5) is 0 Å². The predicted octanol–water partition coefficient (Wildman–Crippen LogP) is 1.83. The fourth-order valence-corrected chi connectivity index (χ4v) is 3.90. The summed E-state index contributed by atoms with van der Waals surface area (Å²) in [6.45, 7) is 4.84. The summed E-state index contributed by atoms with van der Waals surface area (Å²) in [7, 11) is -3.24. The molecule has 1 fully saturated rings. The lowest BCUT2D eigenvalue weighted by Crippen LogP contribution is -2.36. The van der Waals surface area contributed by atoms with Crippen molar-refractivity contribution in [3.05, 3.63) is 29.8 Å². The summed E-state index contributed by atoms with van der Waals surface area (Å²) in [5.74, 6) is 0.916. The van der Waals surface area contributed by atoms with Gasteiger partial charge in [-0.2, -0.15) is 0 Å². The maximum atomic E-state index is 12.3. The summed E-state index contributed by atoms with van der Waals surface area (Å²) >= 11 is 4.87. The van der Waals surface area contributed by atoms with E-state index in [1.54, 1.807) is 24.3 Å². The first kappa shape index (κ1) is 16.4. The Morgan fingerprint density at radius 1 is 1.29 bits per heavy atom. The highest BCUT2D eigenvalue weighted by atomic mass is 32.2. The minimum Gasteiger partial charge on any atom is -0.389 e. The standard InChI is InChI=1S/C15H22N2O2S2/c1-12-6-8-17(9-7-12)10-11-21(18,19)14-4-2-13(3-5-14)15(16)20/h2-5,12H,6-11H2,1H3,(H2,16,20). The number of hydrogen-bond donors (Lipinski definition) is 1. The molecule has 0 aliphatic carbocycles. The van der Waals surface area contributed by atoms with E-state index in [1.807, 2.05) is 0 Å². The third-order valence-electron chi connectivity index (χ3n) is 4.05. The Morgan fingerprint density at radius 2 is 1.86 bits per heavy atom. The van der Waals surface area contributed by atoms with Gasteiger partial charge in [-0.3, -0.25) is 0 Å². The molecule has 0 spiro atoms. The minimum atomic E-state index is -3.24. The second-order valence-electron chi connectivity index (χ2n) is 5.73. The molecular formula is C15H22N2O2S2. The van der Waals surface area contributed by atoms with E-state index in [0.717, 1.165) is 31.8 Å². The Morgan fingerprint density at radius 3 is 2.38 bits per heavy atom. The molecular weight excluding hydrogens is 304 g/mol. The predicted molar refractivity (Wildman–Crippen MR) is 89.2 cm³/mol. The molecule has 6 heteroatoms. The second kappa shape index (κ2) is 6.85. The van der Waals surface area contributed by atoms with Gasteiger partial charge in [-0.1, -0.05) is 31.3 Å². The van der Waals surface area contributed by atoms with Crippen LogP contribution in [-0.4, -0.2) is 43.7 Å². The Bertz CT molecular complexity index is 589. The Kier molecular flexibility index (Phi) is 5.35. The molecule has 116 valence electrons. The summed E-state index contributed by atoms with van der Waals surface area (Å²) in [4.78, 5) is 2.86. The number of nitrogens with two attached hydrogens (primary N) is 1. The molecule has 1 heterocycles. The monoisotopic (exact) mass is 326 g/mol. The molecule has 0 amide bonds. The molecule has 1 saturated heterocycles. The highest BCUT2D eigenvalue weighted by Gasteiger charge is 2.20. The van der Waals surface area contributed by atoms with Crippen molar-refractivity contribution >= 4 is 27.0 Å². The first-order valence-electron chi connectivity index (χ1n) is 7.23. The molecule has 0 saturated carbocycles. The smallest absolute Gasteiger partial charge is 0.179 e. The van der Waals surface area contributed by atoms with Crippen LogP contribution >= 0.6 is 12.2 Å². The zero-order valence-corrected chi connectivity index (χ0v) is 13.9. The summed E-state index contributed by atoms with van der Waals surface area (Å²) in [5, 5.41) is 0. The number of likely N-dealkylation sites (tertiary alicyclic amines) is 1. The van der Waals surface area contributed by atoms with Crippen LogP contribution in [-0.2, 0) is 9.84 Å². The molecule has 0 radical (unpaired) electrons. The molecule has 1 aliphatic rings. The average Bonchev–Trinajstić information content (AvgIpc) is 2.47. The van der Waals surface area contributed by atoms with Gasteiger partial charge in [-0.05, 0) is 44.0 Å². The van der Waals surface area contributed by atoms with Crippen molar-refractivity contribution in [3.8, 4) is 0 Å². The molecule has 21 heavy (non-hydrogen) atoms. The number of thiocarbonyl (C=S) groups is 1. The van der Waals surface area contributed by atoms with E-state index in [0.29, 0.717) is 17.0 Å². The van der Waals surface area contributed by atoms with Crippen molar-refractivity contribution in [2.24, 2.45) is 11.7 Å². The van der Waals surface area contributed by atoms with Crippen molar-refractivity contribution in [2.45, 2.75) is 24.7 Å². The highest BCUT2D eigenvalue weighted by Crippen LogP contribution is 2.17. The summed E-state index contributed by atoms with van der Waals surface area (Å²) < 4.78 is 24.7. The number of sulfone groups is 1. The molecule has 1 aromatic rings. The molecule has 2 rings (SSSR count). The van der Waals surface area contributed by atoms with Crippen molar-refractivity contribution in [1.29, 1.82) is 0 Å². The van der Waals surface area contributed by atoms with Gasteiger partial charge in [0.15, 0.2) is 9.84 Å². The first-order valence-corrected chi connectivity index (χ1v) is 9.29. The van der Waals surface area contributed by atoms with Gasteiger partial charge in [0.2, 0.25) is 0 Å². The third kappa shape index (κ3) is 4.49. The van der Waals surface area contributed by atoms with E-state index >= 15 is 0 Å². The zero-order chi connectivity index (χ0) is 15.5. The van der Waals surface area contributed by atoms with Crippen LogP contribution in [0.15, 0.2) is 29.2 Å². The van der Waals surface area contributed by atoms with E-state index in [1.165, 1.54) is 0 Å².